The lowest BCUT2D eigenvalue weighted by atomic mass is 9.87. The molecule has 0 radical (unpaired) electrons. The quantitative estimate of drug-likeness (QED) is 0.352. The fourth-order valence-electron chi connectivity index (χ4n) is 3.43. The van der Waals surface area contributed by atoms with Crippen molar-refractivity contribution in [2.45, 2.75) is 26.2 Å². The Hall–Kier alpha value is -3.22. The highest BCUT2D eigenvalue weighted by molar-refractivity contribution is 7.15. The summed E-state index contributed by atoms with van der Waals surface area (Å²) in [6.07, 6.45) is 1.72. The fourth-order valence-corrected chi connectivity index (χ4v) is 4.51. The number of thiazole rings is 1. The van der Waals surface area contributed by atoms with Gasteiger partial charge in [0.05, 0.1) is 0 Å². The van der Waals surface area contributed by atoms with Gasteiger partial charge in [-0.15, -0.1) is 5.10 Å². The first-order valence-electron chi connectivity index (χ1n) is 10.2. The second kappa shape index (κ2) is 7.73. The van der Waals surface area contributed by atoms with Crippen LogP contribution in [0.2, 0.25) is 5.02 Å². The molecule has 5 rings (SSSR count). The Morgan fingerprint density at radius 3 is 2.50 bits per heavy atom. The van der Waals surface area contributed by atoms with Crippen molar-refractivity contribution in [1.29, 1.82) is 0 Å². The van der Waals surface area contributed by atoms with Crippen LogP contribution in [0.25, 0.3) is 33.7 Å². The Kier molecular flexibility index (Phi) is 4.99. The Morgan fingerprint density at radius 1 is 1.03 bits per heavy atom. The number of halogens is 1. The zero-order valence-electron chi connectivity index (χ0n) is 17.8. The highest BCUT2D eigenvalue weighted by Gasteiger charge is 2.16. The molecule has 0 bridgehead atoms. The molecule has 2 aromatic carbocycles. The Bertz CT molecular complexity index is 1540. The van der Waals surface area contributed by atoms with E-state index in [0.717, 1.165) is 11.1 Å². The largest absolute Gasteiger partial charge is 0.457 e. The summed E-state index contributed by atoms with van der Waals surface area (Å²) in [5, 5.41) is 5.08. The van der Waals surface area contributed by atoms with Crippen molar-refractivity contribution < 1.29 is 4.42 Å². The van der Waals surface area contributed by atoms with Gasteiger partial charge in [-0.25, -0.2) is 0 Å². The molecule has 0 saturated heterocycles. The lowest BCUT2D eigenvalue weighted by molar-refractivity contribution is 0.571. The molecular weight excluding hydrogens is 442 g/mol. The summed E-state index contributed by atoms with van der Waals surface area (Å²) < 4.78 is 7.76. The average Bonchev–Trinajstić information content (AvgIpc) is 3.45. The monoisotopic (exact) mass is 461 g/mol. The zero-order valence-corrected chi connectivity index (χ0v) is 19.4. The number of rotatable bonds is 3. The number of hydrogen-bond donors (Lipinski definition) is 0. The van der Waals surface area contributed by atoms with Gasteiger partial charge in [0.15, 0.2) is 5.82 Å². The summed E-state index contributed by atoms with van der Waals surface area (Å²) in [6.45, 7) is 6.52. The van der Waals surface area contributed by atoms with Crippen LogP contribution in [0, 0.1) is 0 Å². The topological polar surface area (TPSA) is 60.4 Å². The number of aromatic nitrogens is 3. The van der Waals surface area contributed by atoms with Crippen LogP contribution in [0.15, 0.2) is 69.9 Å². The summed E-state index contributed by atoms with van der Waals surface area (Å²) in [5.74, 6) is 1.81. The van der Waals surface area contributed by atoms with E-state index < -0.39 is 0 Å². The molecule has 0 aliphatic rings. The van der Waals surface area contributed by atoms with E-state index in [4.69, 9.17) is 16.0 Å². The van der Waals surface area contributed by atoms with E-state index in [1.807, 2.05) is 48.5 Å². The van der Waals surface area contributed by atoms with E-state index in [9.17, 15) is 4.79 Å². The van der Waals surface area contributed by atoms with Gasteiger partial charge in [0.2, 0.25) is 4.96 Å². The minimum atomic E-state index is -0.212. The molecule has 32 heavy (non-hydrogen) atoms. The number of furan rings is 1. The van der Waals surface area contributed by atoms with Crippen molar-refractivity contribution >= 4 is 34.0 Å². The molecule has 0 aliphatic carbocycles. The molecule has 3 heterocycles. The van der Waals surface area contributed by atoms with Crippen molar-refractivity contribution in [3.8, 4) is 22.7 Å². The maximum Gasteiger partial charge on any atom is 0.291 e. The van der Waals surface area contributed by atoms with Gasteiger partial charge >= 0.3 is 0 Å². The number of fused-ring (bicyclic) bond motifs is 1. The van der Waals surface area contributed by atoms with Crippen LogP contribution in [-0.2, 0) is 5.41 Å². The van der Waals surface area contributed by atoms with Gasteiger partial charge in [-0.05, 0) is 35.2 Å². The highest BCUT2D eigenvalue weighted by atomic mass is 35.5. The van der Waals surface area contributed by atoms with Crippen molar-refractivity contribution in [2.75, 3.05) is 0 Å². The second-order valence-corrected chi connectivity index (χ2v) is 10.0. The maximum atomic E-state index is 12.9. The molecule has 160 valence electrons. The van der Waals surface area contributed by atoms with Crippen molar-refractivity contribution in [3.63, 3.8) is 0 Å². The Labute approximate surface area is 193 Å². The first kappa shape index (κ1) is 20.7. The number of benzene rings is 2. The lowest BCUT2D eigenvalue weighted by Crippen LogP contribution is -2.23. The molecule has 0 N–H and O–H groups in total. The van der Waals surface area contributed by atoms with E-state index in [2.05, 4.69) is 43.0 Å². The molecule has 0 unspecified atom stereocenters. The van der Waals surface area contributed by atoms with Crippen LogP contribution < -0.4 is 10.1 Å². The summed E-state index contributed by atoms with van der Waals surface area (Å²) in [7, 11) is 0. The first-order valence-corrected chi connectivity index (χ1v) is 11.4. The third-order valence-corrected chi connectivity index (χ3v) is 6.39. The Balaban J connectivity index is 1.47. The molecule has 0 fully saturated rings. The minimum absolute atomic E-state index is 0.0753. The van der Waals surface area contributed by atoms with E-state index in [1.54, 1.807) is 6.08 Å². The maximum absolute atomic E-state index is 12.9. The van der Waals surface area contributed by atoms with Gasteiger partial charge in [0.1, 0.15) is 16.1 Å². The minimum Gasteiger partial charge on any atom is -0.457 e. The molecule has 5 nitrogen and oxygen atoms in total. The molecule has 0 aliphatic heterocycles. The normalized spacial score (nSPS) is 12.7. The van der Waals surface area contributed by atoms with Gasteiger partial charge in [-0.3, -0.25) is 4.79 Å². The van der Waals surface area contributed by atoms with E-state index in [1.165, 1.54) is 21.4 Å². The van der Waals surface area contributed by atoms with Crippen LogP contribution >= 0.6 is 22.9 Å². The van der Waals surface area contributed by atoms with Crippen LogP contribution in [0.3, 0.4) is 0 Å². The van der Waals surface area contributed by atoms with Gasteiger partial charge in [-0.1, -0.05) is 80.1 Å². The van der Waals surface area contributed by atoms with Gasteiger partial charge < -0.3 is 4.42 Å². The van der Waals surface area contributed by atoms with E-state index in [0.29, 0.717) is 31.9 Å². The summed E-state index contributed by atoms with van der Waals surface area (Å²) in [4.78, 5) is 18.0. The zero-order chi connectivity index (χ0) is 22.5. The van der Waals surface area contributed by atoms with Crippen LogP contribution in [-0.4, -0.2) is 14.6 Å². The molecule has 7 heteroatoms. The van der Waals surface area contributed by atoms with E-state index >= 15 is 0 Å². The molecule has 3 aromatic heterocycles. The summed E-state index contributed by atoms with van der Waals surface area (Å²) in [5.41, 5.74) is 2.86. The van der Waals surface area contributed by atoms with Crippen LogP contribution in [0.5, 0.6) is 0 Å². The lowest BCUT2D eigenvalue weighted by Gasteiger charge is -2.18. The number of hydrogen-bond acceptors (Lipinski definition) is 5. The van der Waals surface area contributed by atoms with Crippen LogP contribution in [0.1, 0.15) is 32.1 Å². The smallest absolute Gasteiger partial charge is 0.291 e. The second-order valence-electron chi connectivity index (χ2n) is 8.59. The summed E-state index contributed by atoms with van der Waals surface area (Å²) >= 11 is 7.35. The molecule has 0 saturated carbocycles. The first-order chi connectivity index (χ1) is 15.3. The number of nitrogens with zero attached hydrogens (tertiary/aromatic N) is 3. The molecular formula is C25H20ClN3O2S. The van der Waals surface area contributed by atoms with Crippen molar-refractivity contribution in [2.24, 2.45) is 0 Å². The fraction of sp³-hybridized carbons (Fsp3) is 0.160. The van der Waals surface area contributed by atoms with Crippen molar-refractivity contribution in [3.05, 3.63) is 91.9 Å². The third kappa shape index (κ3) is 3.87. The highest BCUT2D eigenvalue weighted by Crippen LogP contribution is 2.26. The van der Waals surface area contributed by atoms with Gasteiger partial charge in [0.25, 0.3) is 5.56 Å². The van der Waals surface area contributed by atoms with Crippen molar-refractivity contribution in [1.82, 2.24) is 14.6 Å². The molecule has 0 amide bonds. The van der Waals surface area contributed by atoms with Gasteiger partial charge in [-0.2, -0.15) is 9.50 Å². The SMILES string of the molecule is CC(C)(C)c1ccc(-c2nc3s/c(=C\c4ccc(-c5cccc(Cl)c5)o4)c(=O)n3n2)cc1. The van der Waals surface area contributed by atoms with Gasteiger partial charge in [0, 0.05) is 22.2 Å². The predicted octanol–water partition coefficient (Wildman–Crippen LogP) is 5.58. The predicted molar refractivity (Wildman–Crippen MR) is 129 cm³/mol. The standard InChI is InChI=1S/C25H20ClN3O2S/c1-25(2,3)17-9-7-15(8-10-17)22-27-24-29(28-22)23(30)21(32-24)14-19-11-12-20(31-19)16-5-4-6-18(26)13-16/h4-14H,1-3H3/b21-14-. The molecule has 5 aromatic rings. The van der Waals surface area contributed by atoms with Crippen LogP contribution in [0.4, 0.5) is 0 Å². The third-order valence-electron chi connectivity index (χ3n) is 5.20. The molecule has 0 atom stereocenters. The summed E-state index contributed by atoms with van der Waals surface area (Å²) in [6, 6.07) is 19.3. The Morgan fingerprint density at radius 2 is 1.81 bits per heavy atom. The molecule has 0 spiro atoms. The van der Waals surface area contributed by atoms with E-state index in [-0.39, 0.29) is 11.0 Å². The average molecular weight is 462 g/mol.